The van der Waals surface area contributed by atoms with Crippen LogP contribution in [-0.2, 0) is 0 Å². The first kappa shape index (κ1) is 16.0. The fourth-order valence-electron chi connectivity index (χ4n) is 3.36. The van der Waals surface area contributed by atoms with Crippen molar-refractivity contribution in [2.75, 3.05) is 26.2 Å². The second kappa shape index (κ2) is 8.16. The Kier molecular flexibility index (Phi) is 7.25. The minimum absolute atomic E-state index is 0.209. The van der Waals surface area contributed by atoms with E-state index in [1.165, 1.54) is 51.5 Å². The minimum atomic E-state index is 0.209. The number of aliphatic hydroxyl groups excluding tert-OH is 1. The van der Waals surface area contributed by atoms with Gasteiger partial charge in [-0.25, -0.2) is 0 Å². The van der Waals surface area contributed by atoms with Crippen LogP contribution in [0.2, 0.25) is 0 Å². The second-order valence-electron chi connectivity index (χ2n) is 6.23. The van der Waals surface area contributed by atoms with Crippen LogP contribution in [0.3, 0.4) is 0 Å². The Morgan fingerprint density at radius 1 is 1.06 bits per heavy atom. The molecule has 1 saturated carbocycles. The van der Waals surface area contributed by atoms with E-state index in [-0.39, 0.29) is 5.41 Å². The van der Waals surface area contributed by atoms with Crippen LogP contribution in [0.15, 0.2) is 0 Å². The summed E-state index contributed by atoms with van der Waals surface area (Å²) >= 11 is 0. The maximum atomic E-state index is 9.81. The van der Waals surface area contributed by atoms with Gasteiger partial charge in [-0.15, -0.1) is 0 Å². The van der Waals surface area contributed by atoms with Crippen molar-refractivity contribution in [1.29, 1.82) is 0 Å². The van der Waals surface area contributed by atoms with Crippen molar-refractivity contribution in [3.63, 3.8) is 0 Å². The van der Waals surface area contributed by atoms with Gasteiger partial charge in [-0.05, 0) is 25.3 Å². The van der Waals surface area contributed by atoms with Crippen LogP contribution in [0.5, 0.6) is 0 Å². The lowest BCUT2D eigenvalue weighted by Crippen LogP contribution is -2.43. The molecule has 0 aromatic heterocycles. The Balaban J connectivity index is 2.53. The molecule has 1 N–H and O–H groups in total. The van der Waals surface area contributed by atoms with Crippen molar-refractivity contribution in [2.24, 2.45) is 11.3 Å². The monoisotopic (exact) mass is 255 g/mol. The molecule has 2 heteroatoms. The van der Waals surface area contributed by atoms with E-state index in [0.29, 0.717) is 6.61 Å². The lowest BCUT2D eigenvalue weighted by Gasteiger charge is -2.40. The van der Waals surface area contributed by atoms with E-state index in [1.807, 2.05) is 0 Å². The van der Waals surface area contributed by atoms with Gasteiger partial charge in [0.1, 0.15) is 0 Å². The first-order chi connectivity index (χ1) is 8.69. The van der Waals surface area contributed by atoms with Crippen molar-refractivity contribution in [3.05, 3.63) is 0 Å². The molecular weight excluding hydrogens is 222 g/mol. The van der Waals surface area contributed by atoms with E-state index in [9.17, 15) is 5.11 Å². The van der Waals surface area contributed by atoms with Crippen molar-refractivity contribution >= 4 is 0 Å². The minimum Gasteiger partial charge on any atom is -0.396 e. The summed E-state index contributed by atoms with van der Waals surface area (Å²) < 4.78 is 0. The van der Waals surface area contributed by atoms with Gasteiger partial charge in [-0.1, -0.05) is 52.9 Å². The first-order valence-corrected chi connectivity index (χ1v) is 8.03. The third-order valence-electron chi connectivity index (χ3n) is 4.93. The smallest absolute Gasteiger partial charge is 0.0499 e. The Morgan fingerprint density at radius 3 is 2.11 bits per heavy atom. The summed E-state index contributed by atoms with van der Waals surface area (Å²) in [5, 5.41) is 9.81. The Labute approximate surface area is 114 Å². The third kappa shape index (κ3) is 4.55. The Hall–Kier alpha value is -0.0800. The number of aliphatic hydroxyl groups is 1. The maximum absolute atomic E-state index is 9.81. The molecule has 0 atom stereocenters. The van der Waals surface area contributed by atoms with Crippen LogP contribution in [0.1, 0.15) is 65.7 Å². The van der Waals surface area contributed by atoms with Crippen molar-refractivity contribution in [1.82, 2.24) is 4.90 Å². The van der Waals surface area contributed by atoms with Gasteiger partial charge in [0.25, 0.3) is 0 Å². The molecule has 0 aromatic rings. The number of rotatable bonds is 8. The SMILES string of the molecule is CCC(CC)CN(CC)CC1(CO)CCCCC1. The highest BCUT2D eigenvalue weighted by atomic mass is 16.3. The summed E-state index contributed by atoms with van der Waals surface area (Å²) in [6.07, 6.45) is 8.98. The van der Waals surface area contributed by atoms with E-state index in [4.69, 9.17) is 0 Å². The van der Waals surface area contributed by atoms with E-state index in [1.54, 1.807) is 0 Å². The van der Waals surface area contributed by atoms with Crippen LogP contribution < -0.4 is 0 Å². The predicted octanol–water partition coefficient (Wildman–Crippen LogP) is 3.69. The predicted molar refractivity (Wildman–Crippen MR) is 78.8 cm³/mol. The van der Waals surface area contributed by atoms with Gasteiger partial charge in [0.05, 0.1) is 0 Å². The third-order valence-corrected chi connectivity index (χ3v) is 4.93. The van der Waals surface area contributed by atoms with Gasteiger partial charge in [-0.3, -0.25) is 0 Å². The number of hydrogen-bond donors (Lipinski definition) is 1. The molecule has 0 aromatic carbocycles. The average molecular weight is 255 g/mol. The lowest BCUT2D eigenvalue weighted by atomic mass is 9.74. The molecule has 2 nitrogen and oxygen atoms in total. The molecule has 0 saturated heterocycles. The molecule has 0 heterocycles. The van der Waals surface area contributed by atoms with E-state index < -0.39 is 0 Å². The zero-order chi connectivity index (χ0) is 13.4. The molecule has 0 radical (unpaired) electrons. The summed E-state index contributed by atoms with van der Waals surface area (Å²) in [4.78, 5) is 2.58. The summed E-state index contributed by atoms with van der Waals surface area (Å²) in [5.74, 6) is 0.823. The molecule has 0 spiro atoms. The lowest BCUT2D eigenvalue weighted by molar-refractivity contribution is 0.0365. The highest BCUT2D eigenvalue weighted by Crippen LogP contribution is 2.36. The topological polar surface area (TPSA) is 23.5 Å². The molecule has 0 amide bonds. The molecule has 1 fully saturated rings. The highest BCUT2D eigenvalue weighted by Gasteiger charge is 2.33. The van der Waals surface area contributed by atoms with Crippen LogP contribution in [0.4, 0.5) is 0 Å². The highest BCUT2D eigenvalue weighted by molar-refractivity contribution is 4.85. The largest absolute Gasteiger partial charge is 0.396 e. The van der Waals surface area contributed by atoms with Gasteiger partial charge in [0, 0.05) is 25.1 Å². The summed E-state index contributed by atoms with van der Waals surface area (Å²) in [5.41, 5.74) is 0.209. The fourth-order valence-corrected chi connectivity index (χ4v) is 3.36. The molecule has 0 bridgehead atoms. The molecule has 108 valence electrons. The van der Waals surface area contributed by atoms with Crippen molar-refractivity contribution < 1.29 is 5.11 Å². The van der Waals surface area contributed by atoms with Gasteiger partial charge < -0.3 is 10.0 Å². The molecule has 0 unspecified atom stereocenters. The molecule has 1 aliphatic rings. The average Bonchev–Trinajstić information content (AvgIpc) is 2.44. The maximum Gasteiger partial charge on any atom is 0.0499 e. The van der Waals surface area contributed by atoms with Gasteiger partial charge >= 0.3 is 0 Å². The van der Waals surface area contributed by atoms with Gasteiger partial charge in [0.2, 0.25) is 0 Å². The van der Waals surface area contributed by atoms with Crippen LogP contribution in [0.25, 0.3) is 0 Å². The zero-order valence-electron chi connectivity index (χ0n) is 12.7. The van der Waals surface area contributed by atoms with Crippen LogP contribution >= 0.6 is 0 Å². The summed E-state index contributed by atoms with van der Waals surface area (Å²) in [6, 6.07) is 0. The van der Waals surface area contributed by atoms with Crippen LogP contribution in [-0.4, -0.2) is 36.2 Å². The first-order valence-electron chi connectivity index (χ1n) is 8.03. The summed E-state index contributed by atoms with van der Waals surface area (Å²) in [6.45, 7) is 10.7. The Bertz CT molecular complexity index is 207. The number of nitrogens with zero attached hydrogens (tertiary/aromatic N) is 1. The Morgan fingerprint density at radius 2 is 1.67 bits per heavy atom. The van der Waals surface area contributed by atoms with E-state index in [2.05, 4.69) is 25.7 Å². The van der Waals surface area contributed by atoms with E-state index >= 15 is 0 Å². The summed E-state index contributed by atoms with van der Waals surface area (Å²) in [7, 11) is 0. The van der Waals surface area contributed by atoms with Crippen molar-refractivity contribution in [3.8, 4) is 0 Å². The van der Waals surface area contributed by atoms with Gasteiger partial charge in [-0.2, -0.15) is 0 Å². The molecule has 0 aliphatic heterocycles. The zero-order valence-corrected chi connectivity index (χ0v) is 12.7. The quantitative estimate of drug-likeness (QED) is 0.715. The molecule has 1 rings (SSSR count). The molecular formula is C16H33NO. The van der Waals surface area contributed by atoms with E-state index in [0.717, 1.165) is 19.0 Å². The van der Waals surface area contributed by atoms with Gasteiger partial charge in [0.15, 0.2) is 0 Å². The van der Waals surface area contributed by atoms with Crippen LogP contribution in [0, 0.1) is 11.3 Å². The number of hydrogen-bond acceptors (Lipinski definition) is 2. The normalized spacial score (nSPS) is 19.7. The molecule has 1 aliphatic carbocycles. The molecule has 18 heavy (non-hydrogen) atoms. The standard InChI is InChI=1S/C16H33NO/c1-4-15(5-2)12-17(6-3)13-16(14-18)10-8-7-9-11-16/h15,18H,4-14H2,1-3H3. The fraction of sp³-hybridized carbons (Fsp3) is 1.00. The van der Waals surface area contributed by atoms with Crippen molar-refractivity contribution in [2.45, 2.75) is 65.7 Å². The second-order valence-corrected chi connectivity index (χ2v) is 6.23.